The van der Waals surface area contributed by atoms with Gasteiger partial charge in [0.1, 0.15) is 0 Å². The molecule has 0 unspecified atom stereocenters. The predicted octanol–water partition coefficient (Wildman–Crippen LogP) is 4.37. The number of benzene rings is 1. The molecule has 0 bridgehead atoms. The molecule has 1 saturated carbocycles. The number of rotatable bonds is 6. The molecule has 4 aliphatic rings. The summed E-state index contributed by atoms with van der Waals surface area (Å²) in [6.07, 6.45) is 12.4. The number of hydrogen-bond donors (Lipinski definition) is 1. The molecule has 2 aliphatic carbocycles. The maximum Gasteiger partial charge on any atom is 0.226 e. The van der Waals surface area contributed by atoms with Crippen LogP contribution in [0.4, 0.5) is 0 Å². The minimum atomic E-state index is -0.0270. The fourth-order valence-corrected chi connectivity index (χ4v) is 6.34. The van der Waals surface area contributed by atoms with E-state index in [1.807, 2.05) is 11.0 Å². The Morgan fingerprint density at radius 1 is 1.03 bits per heavy atom. The van der Waals surface area contributed by atoms with Gasteiger partial charge in [-0.15, -0.1) is 0 Å². The Morgan fingerprint density at radius 3 is 2.48 bits per heavy atom. The third kappa shape index (κ3) is 4.89. The molecule has 2 heterocycles. The van der Waals surface area contributed by atoms with Crippen molar-refractivity contribution in [1.29, 1.82) is 0 Å². The van der Waals surface area contributed by atoms with Crippen LogP contribution >= 0.6 is 0 Å². The predicted molar refractivity (Wildman–Crippen MR) is 129 cm³/mol. The monoisotopic (exact) mass is 450 g/mol. The number of likely N-dealkylation sites (tertiary alicyclic amines) is 1. The minimum Gasteiger partial charge on any atom is -0.381 e. The number of nitrogens with zero attached hydrogens (tertiary/aromatic N) is 1. The van der Waals surface area contributed by atoms with E-state index in [-0.39, 0.29) is 28.6 Å². The molecule has 1 spiro atoms. The molecule has 1 N–H and O–H groups in total. The van der Waals surface area contributed by atoms with Gasteiger partial charge < -0.3 is 15.0 Å². The number of carbonyl (C=O) groups is 2. The number of carbonyl (C=O) groups excluding carboxylic acids is 2. The second-order valence-corrected chi connectivity index (χ2v) is 10.8. The lowest BCUT2D eigenvalue weighted by Crippen LogP contribution is -2.46. The van der Waals surface area contributed by atoms with Gasteiger partial charge >= 0.3 is 0 Å². The maximum absolute atomic E-state index is 13.1. The third-order valence-electron chi connectivity index (χ3n) is 8.82. The molecular weight excluding hydrogens is 412 g/mol. The van der Waals surface area contributed by atoms with E-state index < -0.39 is 0 Å². The van der Waals surface area contributed by atoms with Crippen molar-refractivity contribution in [3.05, 3.63) is 47.5 Å². The number of piperidine rings is 1. The molecule has 5 heteroatoms. The van der Waals surface area contributed by atoms with Gasteiger partial charge in [-0.1, -0.05) is 42.0 Å². The van der Waals surface area contributed by atoms with Crippen LogP contribution in [-0.4, -0.2) is 49.6 Å². The van der Waals surface area contributed by atoms with Gasteiger partial charge in [0.05, 0.1) is 0 Å². The van der Waals surface area contributed by atoms with E-state index in [4.69, 9.17) is 4.74 Å². The maximum atomic E-state index is 13.1. The van der Waals surface area contributed by atoms with Gasteiger partial charge in [0.15, 0.2) is 0 Å². The number of hydrogen-bond acceptors (Lipinski definition) is 3. The van der Waals surface area contributed by atoms with Crippen molar-refractivity contribution in [1.82, 2.24) is 10.2 Å². The number of nitrogens with one attached hydrogen (secondary N) is 1. The van der Waals surface area contributed by atoms with Crippen molar-refractivity contribution in [2.24, 2.45) is 11.3 Å². The van der Waals surface area contributed by atoms with Crippen LogP contribution in [0.15, 0.2) is 42.0 Å². The molecule has 2 saturated heterocycles. The number of allylic oxidation sites excluding steroid dienone is 1. The van der Waals surface area contributed by atoms with Gasteiger partial charge in [-0.25, -0.2) is 0 Å². The summed E-state index contributed by atoms with van der Waals surface area (Å²) in [5.41, 5.74) is 2.73. The van der Waals surface area contributed by atoms with E-state index in [9.17, 15) is 9.59 Å². The van der Waals surface area contributed by atoms with Crippen molar-refractivity contribution in [2.75, 3.05) is 32.8 Å². The van der Waals surface area contributed by atoms with E-state index in [1.54, 1.807) is 0 Å². The summed E-state index contributed by atoms with van der Waals surface area (Å²) in [4.78, 5) is 27.9. The lowest BCUT2D eigenvalue weighted by atomic mass is 9.74. The Bertz CT molecular complexity index is 880. The third-order valence-corrected chi connectivity index (χ3v) is 8.82. The minimum absolute atomic E-state index is 0.0270. The lowest BCUT2D eigenvalue weighted by Gasteiger charge is -2.38. The van der Waals surface area contributed by atoms with E-state index in [0.29, 0.717) is 13.0 Å². The van der Waals surface area contributed by atoms with Crippen molar-refractivity contribution >= 4 is 11.8 Å². The van der Waals surface area contributed by atoms with E-state index >= 15 is 0 Å². The average molecular weight is 451 g/mol. The summed E-state index contributed by atoms with van der Waals surface area (Å²) in [5.74, 6) is 0.608. The molecule has 2 amide bonds. The first-order chi connectivity index (χ1) is 16.1. The second kappa shape index (κ2) is 9.61. The Hall–Kier alpha value is -2.14. The zero-order valence-corrected chi connectivity index (χ0v) is 19.8. The molecule has 33 heavy (non-hydrogen) atoms. The molecule has 178 valence electrons. The van der Waals surface area contributed by atoms with Gasteiger partial charge in [0.25, 0.3) is 0 Å². The fourth-order valence-electron chi connectivity index (χ4n) is 6.34. The first-order valence-electron chi connectivity index (χ1n) is 13.0. The smallest absolute Gasteiger partial charge is 0.226 e. The highest BCUT2D eigenvalue weighted by molar-refractivity contribution is 5.83. The van der Waals surface area contributed by atoms with Crippen LogP contribution in [0.25, 0.3) is 0 Å². The topological polar surface area (TPSA) is 58.6 Å². The van der Waals surface area contributed by atoms with E-state index in [1.165, 1.54) is 24.0 Å². The van der Waals surface area contributed by atoms with Gasteiger partial charge in [-0.2, -0.15) is 0 Å². The SMILES string of the molecule is O=C(NCC1(c2ccccc2)CCOCC1)[C@H]1CC12CCN(C(=O)CC1=CCCCC1)CC2. The summed E-state index contributed by atoms with van der Waals surface area (Å²) in [6.45, 7) is 3.80. The molecule has 1 aromatic carbocycles. The second-order valence-electron chi connectivity index (χ2n) is 10.8. The molecule has 5 nitrogen and oxygen atoms in total. The fraction of sp³-hybridized carbons (Fsp3) is 0.643. The summed E-state index contributed by atoms with van der Waals surface area (Å²) < 4.78 is 5.63. The highest BCUT2D eigenvalue weighted by Crippen LogP contribution is 2.59. The first-order valence-corrected chi connectivity index (χ1v) is 13.0. The molecule has 1 atom stereocenters. The van der Waals surface area contributed by atoms with Crippen LogP contribution < -0.4 is 5.32 Å². The quantitative estimate of drug-likeness (QED) is 0.655. The largest absolute Gasteiger partial charge is 0.381 e. The van der Waals surface area contributed by atoms with Crippen LogP contribution in [0.5, 0.6) is 0 Å². The van der Waals surface area contributed by atoms with E-state index in [2.05, 4.69) is 35.7 Å². The number of ether oxygens (including phenoxy) is 1. The average Bonchev–Trinajstić information content (AvgIpc) is 3.57. The molecule has 3 fully saturated rings. The standard InChI is InChI=1S/C28H38N2O3/c31-25(19-22-7-3-1-4-8-22)30-15-11-27(12-16-30)20-24(27)26(32)29-21-28(13-17-33-18-14-28)23-9-5-2-6-10-23/h2,5-7,9-10,24H,1,3-4,8,11-21H2,(H,29,32)/t24-/m1/s1. The van der Waals surface area contributed by atoms with Crippen molar-refractivity contribution < 1.29 is 14.3 Å². The Balaban J connectivity index is 1.13. The summed E-state index contributed by atoms with van der Waals surface area (Å²) >= 11 is 0. The Morgan fingerprint density at radius 2 is 1.79 bits per heavy atom. The van der Waals surface area contributed by atoms with Crippen LogP contribution in [0, 0.1) is 11.3 Å². The molecule has 5 rings (SSSR count). The normalized spacial score (nSPS) is 25.9. The zero-order valence-electron chi connectivity index (χ0n) is 19.8. The molecule has 1 aromatic rings. The van der Waals surface area contributed by atoms with Crippen molar-refractivity contribution in [2.45, 2.75) is 69.6 Å². The molecule has 2 aliphatic heterocycles. The molecule has 0 aromatic heterocycles. The molecular formula is C28H38N2O3. The van der Waals surface area contributed by atoms with Gasteiger partial charge in [-0.3, -0.25) is 9.59 Å². The summed E-state index contributed by atoms with van der Waals surface area (Å²) in [5, 5.41) is 3.33. The van der Waals surface area contributed by atoms with Gasteiger partial charge in [0, 0.05) is 50.6 Å². The van der Waals surface area contributed by atoms with Crippen molar-refractivity contribution in [3.63, 3.8) is 0 Å². The Labute approximate surface area is 197 Å². The first kappa shape index (κ1) is 22.6. The number of amides is 2. The molecule has 0 radical (unpaired) electrons. The van der Waals surface area contributed by atoms with Crippen LogP contribution in [-0.2, 0) is 19.7 Å². The Kier molecular flexibility index (Phi) is 6.60. The highest BCUT2D eigenvalue weighted by atomic mass is 16.5. The zero-order chi connectivity index (χ0) is 22.7. The van der Waals surface area contributed by atoms with Crippen LogP contribution in [0.1, 0.15) is 69.8 Å². The lowest BCUT2D eigenvalue weighted by molar-refractivity contribution is -0.132. The van der Waals surface area contributed by atoms with Gasteiger partial charge in [0.2, 0.25) is 11.8 Å². The van der Waals surface area contributed by atoms with Gasteiger partial charge in [-0.05, 0) is 68.8 Å². The summed E-state index contributed by atoms with van der Waals surface area (Å²) in [6, 6.07) is 10.6. The van der Waals surface area contributed by atoms with E-state index in [0.717, 1.165) is 71.2 Å². The van der Waals surface area contributed by atoms with Crippen LogP contribution in [0.3, 0.4) is 0 Å². The highest BCUT2D eigenvalue weighted by Gasteiger charge is 2.58. The summed E-state index contributed by atoms with van der Waals surface area (Å²) in [7, 11) is 0. The van der Waals surface area contributed by atoms with Crippen molar-refractivity contribution in [3.8, 4) is 0 Å². The van der Waals surface area contributed by atoms with Crippen LogP contribution in [0.2, 0.25) is 0 Å².